The van der Waals surface area contributed by atoms with Crippen LogP contribution in [0, 0.1) is 5.92 Å². The number of ether oxygens (including phenoxy) is 2. The molecule has 0 radical (unpaired) electrons. The number of nitrogens with two attached hydrogens (primary N) is 1. The molecule has 4 rings (SSSR count). The lowest BCUT2D eigenvalue weighted by Crippen LogP contribution is -2.46. The lowest BCUT2D eigenvalue weighted by molar-refractivity contribution is -0.276. The molecule has 192 valence electrons. The van der Waals surface area contributed by atoms with Gasteiger partial charge in [0.15, 0.2) is 6.29 Å². The fourth-order valence-electron chi connectivity index (χ4n) is 4.76. The Balaban J connectivity index is 1.56. The minimum atomic E-state index is -0.604. The molecule has 4 N–H and O–H groups in total. The van der Waals surface area contributed by atoms with Crippen molar-refractivity contribution in [1.82, 2.24) is 4.90 Å². The Kier molecular flexibility index (Phi) is 8.90. The number of aliphatic hydroxyl groups excluding tert-OH is 2. The van der Waals surface area contributed by atoms with Crippen molar-refractivity contribution in [3.63, 3.8) is 0 Å². The van der Waals surface area contributed by atoms with E-state index in [1.165, 1.54) is 0 Å². The van der Waals surface area contributed by atoms with Gasteiger partial charge in [0.05, 0.1) is 24.9 Å². The van der Waals surface area contributed by atoms with Crippen LogP contribution in [0.3, 0.4) is 0 Å². The minimum Gasteiger partial charge on any atom is -0.392 e. The van der Waals surface area contributed by atoms with E-state index in [1.54, 1.807) is 0 Å². The predicted octanol–water partition coefficient (Wildman–Crippen LogP) is 4.48. The van der Waals surface area contributed by atoms with Crippen LogP contribution < -0.4 is 5.73 Å². The van der Waals surface area contributed by atoms with Gasteiger partial charge in [-0.05, 0) is 36.2 Å². The van der Waals surface area contributed by atoms with E-state index in [9.17, 15) is 10.2 Å². The summed E-state index contributed by atoms with van der Waals surface area (Å²) in [6.45, 7) is 5.32. The molecular weight excluding hydrogens is 452 g/mol. The Bertz CT molecular complexity index is 1070. The second-order valence-electron chi connectivity index (χ2n) is 9.80. The Morgan fingerprint density at radius 1 is 0.889 bits per heavy atom. The molecule has 3 aromatic carbocycles. The van der Waals surface area contributed by atoms with E-state index in [-0.39, 0.29) is 30.8 Å². The molecule has 6 heteroatoms. The first-order valence-corrected chi connectivity index (χ1v) is 12.6. The fraction of sp³-hybridized carbons (Fsp3) is 0.400. The summed E-state index contributed by atoms with van der Waals surface area (Å²) in [4.78, 5) is 2.16. The average molecular weight is 491 g/mol. The molecule has 3 aromatic rings. The summed E-state index contributed by atoms with van der Waals surface area (Å²) in [5.74, 6) is 0.0630. The van der Waals surface area contributed by atoms with Gasteiger partial charge in [0.25, 0.3) is 0 Å². The number of aliphatic hydroxyl groups is 2. The zero-order valence-electron chi connectivity index (χ0n) is 21.3. The summed E-state index contributed by atoms with van der Waals surface area (Å²) in [6.07, 6.45) is -1.44. The van der Waals surface area contributed by atoms with Crippen molar-refractivity contribution in [3.8, 4) is 0 Å². The summed E-state index contributed by atoms with van der Waals surface area (Å²) >= 11 is 0. The van der Waals surface area contributed by atoms with Crippen molar-refractivity contribution in [2.24, 2.45) is 11.7 Å². The van der Waals surface area contributed by atoms with Crippen LogP contribution in [0.5, 0.6) is 0 Å². The van der Waals surface area contributed by atoms with Crippen molar-refractivity contribution in [3.05, 3.63) is 107 Å². The molecule has 36 heavy (non-hydrogen) atoms. The minimum absolute atomic E-state index is 0.00956. The Hall–Kier alpha value is -2.58. The zero-order chi connectivity index (χ0) is 25.7. The number of nitrogens with zero attached hydrogens (tertiary/aromatic N) is 1. The first-order chi connectivity index (χ1) is 17.4. The second kappa shape index (κ2) is 12.1. The first kappa shape index (κ1) is 26.5. The number of benzene rings is 3. The number of likely N-dealkylation sites (N-methyl/N-ethyl adjacent to an activating group) is 1. The average Bonchev–Trinajstić information content (AvgIpc) is 2.93. The molecule has 0 saturated carbocycles. The van der Waals surface area contributed by atoms with Gasteiger partial charge in [0, 0.05) is 30.6 Å². The largest absolute Gasteiger partial charge is 0.392 e. The molecule has 1 aliphatic rings. The Morgan fingerprint density at radius 3 is 2.11 bits per heavy atom. The second-order valence-corrected chi connectivity index (χ2v) is 9.80. The topological polar surface area (TPSA) is 88.2 Å². The van der Waals surface area contributed by atoms with E-state index in [4.69, 9.17) is 15.2 Å². The third kappa shape index (κ3) is 6.03. The van der Waals surface area contributed by atoms with E-state index in [1.807, 2.05) is 92.8 Å². The number of rotatable bonds is 9. The van der Waals surface area contributed by atoms with E-state index in [0.29, 0.717) is 13.1 Å². The molecule has 0 spiro atoms. The molecule has 1 unspecified atom stereocenters. The third-order valence-corrected chi connectivity index (χ3v) is 7.37. The highest BCUT2D eigenvalue weighted by atomic mass is 16.7. The van der Waals surface area contributed by atoms with E-state index in [0.717, 1.165) is 27.8 Å². The number of hydrogen-bond acceptors (Lipinski definition) is 6. The van der Waals surface area contributed by atoms with Gasteiger partial charge < -0.3 is 25.4 Å². The van der Waals surface area contributed by atoms with Crippen molar-refractivity contribution in [2.45, 2.75) is 57.6 Å². The smallest absolute Gasteiger partial charge is 0.184 e. The van der Waals surface area contributed by atoms with Gasteiger partial charge in [-0.2, -0.15) is 0 Å². The van der Waals surface area contributed by atoms with Crippen LogP contribution in [0.4, 0.5) is 0 Å². The van der Waals surface area contributed by atoms with Gasteiger partial charge in [0.1, 0.15) is 0 Å². The summed E-state index contributed by atoms with van der Waals surface area (Å²) in [5, 5.41) is 20.4. The lowest BCUT2D eigenvalue weighted by atomic mass is 9.89. The highest BCUT2D eigenvalue weighted by Gasteiger charge is 2.39. The van der Waals surface area contributed by atoms with Crippen molar-refractivity contribution in [1.29, 1.82) is 0 Å². The van der Waals surface area contributed by atoms with Gasteiger partial charge in [0.2, 0.25) is 0 Å². The molecule has 1 saturated heterocycles. The highest BCUT2D eigenvalue weighted by Crippen LogP contribution is 2.42. The maximum atomic E-state index is 11.0. The SMILES string of the molecule is C[C@H]1[C@@H](CN(C)[C@@H](C)[C@H](O)c2ccccc2)OC(c2ccc(CN)cc2)O[C@H]1c1ccc(CO)cc1. The van der Waals surface area contributed by atoms with E-state index >= 15 is 0 Å². The molecule has 1 fully saturated rings. The van der Waals surface area contributed by atoms with E-state index in [2.05, 4.69) is 11.8 Å². The number of hydrogen-bond donors (Lipinski definition) is 3. The van der Waals surface area contributed by atoms with E-state index < -0.39 is 12.4 Å². The van der Waals surface area contributed by atoms with Crippen LogP contribution in [-0.2, 0) is 22.6 Å². The maximum Gasteiger partial charge on any atom is 0.184 e. The zero-order valence-corrected chi connectivity index (χ0v) is 21.3. The molecule has 1 heterocycles. The van der Waals surface area contributed by atoms with Gasteiger partial charge in [-0.3, -0.25) is 4.90 Å². The highest BCUT2D eigenvalue weighted by molar-refractivity contribution is 5.27. The summed E-state index contributed by atoms with van der Waals surface area (Å²) in [6, 6.07) is 25.6. The van der Waals surface area contributed by atoms with Gasteiger partial charge >= 0.3 is 0 Å². The van der Waals surface area contributed by atoms with Gasteiger partial charge in [-0.25, -0.2) is 0 Å². The molecule has 0 aromatic heterocycles. The molecule has 6 nitrogen and oxygen atoms in total. The quantitative estimate of drug-likeness (QED) is 0.410. The van der Waals surface area contributed by atoms with Gasteiger partial charge in [-0.1, -0.05) is 85.8 Å². The van der Waals surface area contributed by atoms with Crippen molar-refractivity contribution in [2.75, 3.05) is 13.6 Å². The first-order valence-electron chi connectivity index (χ1n) is 12.6. The molecule has 1 aliphatic heterocycles. The predicted molar refractivity (Wildman–Crippen MR) is 141 cm³/mol. The molecule has 6 atom stereocenters. The van der Waals surface area contributed by atoms with Crippen LogP contribution in [0.15, 0.2) is 78.9 Å². The van der Waals surface area contributed by atoms with Crippen LogP contribution in [0.2, 0.25) is 0 Å². The van der Waals surface area contributed by atoms with Crippen LogP contribution in [0.25, 0.3) is 0 Å². The van der Waals surface area contributed by atoms with Crippen LogP contribution in [-0.4, -0.2) is 40.9 Å². The molecular formula is C30H38N2O4. The van der Waals surface area contributed by atoms with Crippen molar-refractivity contribution >= 4 is 0 Å². The lowest BCUT2D eigenvalue weighted by Gasteiger charge is -2.43. The summed E-state index contributed by atoms with van der Waals surface area (Å²) in [5.41, 5.74) is 10.6. The maximum absolute atomic E-state index is 11.0. The monoisotopic (exact) mass is 490 g/mol. The summed E-state index contributed by atoms with van der Waals surface area (Å²) in [7, 11) is 2.03. The van der Waals surface area contributed by atoms with Crippen LogP contribution in [0.1, 0.15) is 60.2 Å². The normalized spacial score (nSPS) is 24.0. The third-order valence-electron chi connectivity index (χ3n) is 7.37. The molecule has 0 aliphatic carbocycles. The Labute approximate surface area is 214 Å². The van der Waals surface area contributed by atoms with Gasteiger partial charge in [-0.15, -0.1) is 0 Å². The molecule has 0 bridgehead atoms. The standard InChI is InChI=1S/C30H38N2O4/c1-20-27(18-32(3)21(2)28(34)24-7-5-4-6-8-24)35-30(26-15-9-22(17-31)10-16-26)36-29(20)25-13-11-23(19-33)12-14-25/h4-16,20-21,27-30,33-34H,17-19,31H2,1-3H3/t20-,21-,27+,28-,29+,30?/m0/s1. The summed E-state index contributed by atoms with van der Waals surface area (Å²) < 4.78 is 13.1. The molecule has 0 amide bonds. The fourth-order valence-corrected chi connectivity index (χ4v) is 4.76. The van der Waals surface area contributed by atoms with Crippen LogP contribution >= 0.6 is 0 Å². The van der Waals surface area contributed by atoms with Crippen molar-refractivity contribution < 1.29 is 19.7 Å². The Morgan fingerprint density at radius 2 is 1.50 bits per heavy atom.